The second-order valence-corrected chi connectivity index (χ2v) is 8.67. The molecule has 174 valence electrons. The van der Waals surface area contributed by atoms with E-state index in [4.69, 9.17) is 5.73 Å². The SMILES string of the molecule is C=C1C(C(C)=O)=CN(c2cc(N)c(F)cc2CC)c2cc(N3CC(n4cccn4)C3)c(F)cc21. The van der Waals surface area contributed by atoms with Crippen LogP contribution in [0.4, 0.5) is 31.5 Å². The first kappa shape index (κ1) is 21.9. The quantitative estimate of drug-likeness (QED) is 0.542. The summed E-state index contributed by atoms with van der Waals surface area (Å²) in [7, 11) is 0. The van der Waals surface area contributed by atoms with E-state index in [0.717, 1.165) is 5.56 Å². The molecule has 1 fully saturated rings. The summed E-state index contributed by atoms with van der Waals surface area (Å²) in [5.74, 6) is -1.08. The summed E-state index contributed by atoms with van der Waals surface area (Å²) < 4.78 is 31.4. The maximum atomic E-state index is 15.3. The Kier molecular flexibility index (Phi) is 5.23. The summed E-state index contributed by atoms with van der Waals surface area (Å²) >= 11 is 0. The van der Waals surface area contributed by atoms with E-state index in [-0.39, 0.29) is 17.5 Å². The van der Waals surface area contributed by atoms with Crippen LogP contribution in [0.25, 0.3) is 5.57 Å². The predicted octanol–water partition coefficient (Wildman–Crippen LogP) is 5.01. The molecule has 3 aromatic rings. The number of allylic oxidation sites excluding steroid dienone is 2. The molecule has 6 nitrogen and oxygen atoms in total. The molecule has 0 aliphatic carbocycles. The molecule has 2 N–H and O–H groups in total. The van der Waals surface area contributed by atoms with Crippen molar-refractivity contribution in [2.24, 2.45) is 0 Å². The highest BCUT2D eigenvalue weighted by molar-refractivity contribution is 6.12. The molecule has 0 amide bonds. The van der Waals surface area contributed by atoms with Crippen LogP contribution in [0.1, 0.15) is 31.0 Å². The lowest BCUT2D eigenvalue weighted by atomic mass is 9.90. The van der Waals surface area contributed by atoms with Crippen LogP contribution in [0, 0.1) is 11.6 Å². The predicted molar refractivity (Wildman–Crippen MR) is 130 cm³/mol. The van der Waals surface area contributed by atoms with Crippen LogP contribution in [-0.2, 0) is 11.2 Å². The lowest BCUT2D eigenvalue weighted by Crippen LogP contribution is -2.48. The molecule has 1 saturated heterocycles. The number of nitrogens with zero attached hydrogens (tertiary/aromatic N) is 4. The van der Waals surface area contributed by atoms with Gasteiger partial charge < -0.3 is 15.5 Å². The molecule has 2 aliphatic rings. The van der Waals surface area contributed by atoms with Crippen molar-refractivity contribution in [1.29, 1.82) is 0 Å². The summed E-state index contributed by atoms with van der Waals surface area (Å²) in [6.07, 6.45) is 5.86. The Morgan fingerprint density at radius 3 is 2.56 bits per heavy atom. The number of nitrogen functional groups attached to an aromatic ring is 1. The third-order valence-corrected chi connectivity index (χ3v) is 6.55. The van der Waals surface area contributed by atoms with Crippen LogP contribution < -0.4 is 15.5 Å². The summed E-state index contributed by atoms with van der Waals surface area (Å²) in [4.78, 5) is 16.1. The summed E-state index contributed by atoms with van der Waals surface area (Å²) in [5, 5.41) is 4.27. The Hall–Kier alpha value is -3.94. The molecule has 34 heavy (non-hydrogen) atoms. The van der Waals surface area contributed by atoms with Gasteiger partial charge in [-0.25, -0.2) is 8.78 Å². The molecule has 5 rings (SSSR count). The van der Waals surface area contributed by atoms with Crippen molar-refractivity contribution in [3.05, 3.63) is 83.8 Å². The highest BCUT2D eigenvalue weighted by Crippen LogP contribution is 2.45. The van der Waals surface area contributed by atoms with Crippen LogP contribution in [0.5, 0.6) is 0 Å². The number of ketones is 1. The number of aryl methyl sites for hydroxylation is 1. The van der Waals surface area contributed by atoms with E-state index in [1.165, 1.54) is 19.1 Å². The third-order valence-electron chi connectivity index (χ3n) is 6.55. The van der Waals surface area contributed by atoms with Crippen molar-refractivity contribution < 1.29 is 13.6 Å². The number of hydrogen-bond donors (Lipinski definition) is 1. The number of rotatable bonds is 5. The van der Waals surface area contributed by atoms with E-state index in [1.807, 2.05) is 28.8 Å². The van der Waals surface area contributed by atoms with Crippen LogP contribution in [0.15, 0.2) is 61.1 Å². The highest BCUT2D eigenvalue weighted by atomic mass is 19.1. The zero-order chi connectivity index (χ0) is 24.1. The first-order valence-electron chi connectivity index (χ1n) is 11.2. The highest BCUT2D eigenvalue weighted by Gasteiger charge is 2.33. The van der Waals surface area contributed by atoms with E-state index >= 15 is 4.39 Å². The molecule has 2 aliphatic heterocycles. The van der Waals surface area contributed by atoms with Gasteiger partial charge in [-0.15, -0.1) is 0 Å². The standard InChI is InChI=1S/C26H25F2N5O/c1-4-17-8-21(27)23(29)10-24(17)32-14-20(16(3)34)15(2)19-9-22(28)26(11-25(19)32)31-12-18(13-31)33-7-5-6-30-33/h5-11,14,18H,2,4,12-13,29H2,1,3H3. The van der Waals surface area contributed by atoms with Crippen molar-refractivity contribution in [3.63, 3.8) is 0 Å². The molecule has 0 radical (unpaired) electrons. The molecule has 0 spiro atoms. The van der Waals surface area contributed by atoms with Gasteiger partial charge in [-0.05, 0) is 54.8 Å². The second kappa shape index (κ2) is 8.13. The number of carbonyl (C=O) groups excluding carboxylic acids is 1. The Morgan fingerprint density at radius 1 is 1.15 bits per heavy atom. The van der Waals surface area contributed by atoms with Gasteiger partial charge in [0, 0.05) is 42.8 Å². The van der Waals surface area contributed by atoms with Gasteiger partial charge in [0.2, 0.25) is 0 Å². The number of benzene rings is 2. The van der Waals surface area contributed by atoms with Crippen molar-refractivity contribution in [2.45, 2.75) is 26.3 Å². The fourth-order valence-corrected chi connectivity index (χ4v) is 4.60. The summed E-state index contributed by atoms with van der Waals surface area (Å²) in [6, 6.07) is 8.19. The minimum absolute atomic E-state index is 0.00284. The number of anilines is 4. The van der Waals surface area contributed by atoms with Crippen molar-refractivity contribution in [1.82, 2.24) is 9.78 Å². The molecule has 0 bridgehead atoms. The monoisotopic (exact) mass is 461 g/mol. The molecule has 0 atom stereocenters. The molecule has 0 unspecified atom stereocenters. The number of carbonyl (C=O) groups is 1. The third kappa shape index (κ3) is 3.46. The van der Waals surface area contributed by atoms with Gasteiger partial charge in [0.05, 0.1) is 28.8 Å². The van der Waals surface area contributed by atoms with Crippen molar-refractivity contribution in [3.8, 4) is 0 Å². The molecule has 1 aromatic heterocycles. The van der Waals surface area contributed by atoms with Gasteiger partial charge in [-0.3, -0.25) is 9.48 Å². The minimum atomic E-state index is -0.497. The second-order valence-electron chi connectivity index (χ2n) is 8.67. The lowest BCUT2D eigenvalue weighted by molar-refractivity contribution is -0.113. The van der Waals surface area contributed by atoms with Gasteiger partial charge in [0.15, 0.2) is 5.78 Å². The number of Topliss-reactive ketones (excluding diaryl/α,β-unsaturated/α-hetero) is 1. The van der Waals surface area contributed by atoms with Gasteiger partial charge in [-0.1, -0.05) is 13.5 Å². The average Bonchev–Trinajstić information content (AvgIpc) is 3.29. The Labute approximate surface area is 196 Å². The molecular weight excluding hydrogens is 436 g/mol. The maximum Gasteiger partial charge on any atom is 0.161 e. The first-order chi connectivity index (χ1) is 16.3. The summed E-state index contributed by atoms with van der Waals surface area (Å²) in [6.45, 7) is 8.67. The number of fused-ring (bicyclic) bond motifs is 1. The van der Waals surface area contributed by atoms with E-state index in [1.54, 1.807) is 29.4 Å². The molecule has 0 saturated carbocycles. The molecule has 2 aromatic carbocycles. The van der Waals surface area contributed by atoms with Crippen LogP contribution in [0.2, 0.25) is 0 Å². The minimum Gasteiger partial charge on any atom is -0.396 e. The van der Waals surface area contributed by atoms with Crippen molar-refractivity contribution >= 4 is 34.1 Å². The van der Waals surface area contributed by atoms with Crippen LogP contribution in [0.3, 0.4) is 0 Å². The largest absolute Gasteiger partial charge is 0.396 e. The zero-order valence-electron chi connectivity index (χ0n) is 19.1. The van der Waals surface area contributed by atoms with E-state index in [0.29, 0.717) is 53.3 Å². The van der Waals surface area contributed by atoms with Gasteiger partial charge >= 0.3 is 0 Å². The Bertz CT molecular complexity index is 1340. The number of aromatic nitrogens is 2. The zero-order valence-corrected chi connectivity index (χ0v) is 19.1. The number of hydrogen-bond acceptors (Lipinski definition) is 5. The number of halogens is 2. The van der Waals surface area contributed by atoms with Crippen LogP contribution in [-0.4, -0.2) is 28.7 Å². The smallest absolute Gasteiger partial charge is 0.161 e. The van der Waals surface area contributed by atoms with Gasteiger partial charge in [0.25, 0.3) is 0 Å². The number of nitrogens with two attached hydrogens (primary N) is 1. The Morgan fingerprint density at radius 2 is 1.91 bits per heavy atom. The maximum absolute atomic E-state index is 15.3. The van der Waals surface area contributed by atoms with Crippen molar-refractivity contribution in [2.75, 3.05) is 28.6 Å². The van der Waals surface area contributed by atoms with Crippen LogP contribution >= 0.6 is 0 Å². The molecule has 8 heteroatoms. The fourth-order valence-electron chi connectivity index (χ4n) is 4.60. The van der Waals surface area contributed by atoms with E-state index in [9.17, 15) is 9.18 Å². The topological polar surface area (TPSA) is 67.4 Å². The van der Waals surface area contributed by atoms with E-state index in [2.05, 4.69) is 11.7 Å². The van der Waals surface area contributed by atoms with Gasteiger partial charge in [-0.2, -0.15) is 5.10 Å². The lowest BCUT2D eigenvalue weighted by Gasteiger charge is -2.42. The fraction of sp³-hybridized carbons (Fsp3) is 0.231. The Balaban J connectivity index is 1.61. The molecule has 3 heterocycles. The average molecular weight is 462 g/mol. The molecular formula is C26H25F2N5O. The van der Waals surface area contributed by atoms with Gasteiger partial charge in [0.1, 0.15) is 11.6 Å². The first-order valence-corrected chi connectivity index (χ1v) is 11.2. The normalized spacial score (nSPS) is 15.8. The summed E-state index contributed by atoms with van der Waals surface area (Å²) in [5.41, 5.74) is 9.72. The van der Waals surface area contributed by atoms with E-state index < -0.39 is 11.6 Å².